The largest absolute Gasteiger partial charge is 0.317 e. The SMILES string of the molecule is CCCC(=O)N(c1cccc(C)c1)C1CCNCC1. The van der Waals surface area contributed by atoms with Crippen LogP contribution in [0.15, 0.2) is 24.3 Å². The van der Waals surface area contributed by atoms with Gasteiger partial charge in [0.1, 0.15) is 0 Å². The van der Waals surface area contributed by atoms with Crippen molar-refractivity contribution < 1.29 is 4.79 Å². The Kier molecular flexibility index (Phi) is 4.97. The Labute approximate surface area is 116 Å². The van der Waals surface area contributed by atoms with Gasteiger partial charge in [0.15, 0.2) is 0 Å². The number of nitrogens with zero attached hydrogens (tertiary/aromatic N) is 1. The fraction of sp³-hybridized carbons (Fsp3) is 0.562. The van der Waals surface area contributed by atoms with Crippen LogP contribution in [0.2, 0.25) is 0 Å². The molecule has 1 aromatic carbocycles. The average molecular weight is 260 g/mol. The number of rotatable bonds is 4. The first kappa shape index (κ1) is 14.1. The van der Waals surface area contributed by atoms with Crippen molar-refractivity contribution in [2.45, 2.75) is 45.6 Å². The average Bonchev–Trinajstić information content (AvgIpc) is 2.40. The molecule has 1 aliphatic heterocycles. The van der Waals surface area contributed by atoms with Crippen molar-refractivity contribution in [1.29, 1.82) is 0 Å². The fourth-order valence-corrected chi connectivity index (χ4v) is 2.74. The molecule has 1 saturated heterocycles. The van der Waals surface area contributed by atoms with Crippen molar-refractivity contribution in [3.05, 3.63) is 29.8 Å². The van der Waals surface area contributed by atoms with Gasteiger partial charge in [-0.3, -0.25) is 4.79 Å². The van der Waals surface area contributed by atoms with Gasteiger partial charge < -0.3 is 10.2 Å². The number of hydrogen-bond acceptors (Lipinski definition) is 2. The monoisotopic (exact) mass is 260 g/mol. The topological polar surface area (TPSA) is 32.3 Å². The van der Waals surface area contributed by atoms with Crippen LogP contribution in [0.25, 0.3) is 0 Å². The molecule has 1 aliphatic rings. The summed E-state index contributed by atoms with van der Waals surface area (Å²) in [5.41, 5.74) is 2.27. The van der Waals surface area contributed by atoms with Crippen LogP contribution >= 0.6 is 0 Å². The highest BCUT2D eigenvalue weighted by Gasteiger charge is 2.26. The number of nitrogens with one attached hydrogen (secondary N) is 1. The van der Waals surface area contributed by atoms with E-state index in [0.29, 0.717) is 12.5 Å². The Hall–Kier alpha value is -1.35. The van der Waals surface area contributed by atoms with Gasteiger partial charge in [-0.2, -0.15) is 0 Å². The van der Waals surface area contributed by atoms with Gasteiger partial charge in [-0.05, 0) is 57.0 Å². The van der Waals surface area contributed by atoms with Gasteiger partial charge in [0.05, 0.1) is 0 Å². The first-order valence-corrected chi connectivity index (χ1v) is 7.32. The first-order valence-electron chi connectivity index (χ1n) is 7.32. The number of amides is 1. The van der Waals surface area contributed by atoms with E-state index < -0.39 is 0 Å². The Balaban J connectivity index is 2.24. The van der Waals surface area contributed by atoms with E-state index in [9.17, 15) is 4.79 Å². The maximum atomic E-state index is 12.5. The van der Waals surface area contributed by atoms with E-state index in [1.165, 1.54) is 5.56 Å². The fourth-order valence-electron chi connectivity index (χ4n) is 2.74. The normalized spacial score (nSPS) is 16.3. The van der Waals surface area contributed by atoms with Crippen molar-refractivity contribution in [3.63, 3.8) is 0 Å². The Morgan fingerprint density at radius 3 is 2.74 bits per heavy atom. The zero-order valence-electron chi connectivity index (χ0n) is 12.0. The van der Waals surface area contributed by atoms with Crippen molar-refractivity contribution in [1.82, 2.24) is 5.32 Å². The quantitative estimate of drug-likeness (QED) is 0.903. The molecule has 1 heterocycles. The summed E-state index contributed by atoms with van der Waals surface area (Å²) in [6.45, 7) is 6.15. The van der Waals surface area contributed by atoms with Gasteiger partial charge in [-0.15, -0.1) is 0 Å². The molecule has 1 amide bonds. The molecule has 104 valence electrons. The second-order valence-corrected chi connectivity index (χ2v) is 5.33. The van der Waals surface area contributed by atoms with Gasteiger partial charge in [0, 0.05) is 18.2 Å². The zero-order chi connectivity index (χ0) is 13.7. The molecule has 3 nitrogen and oxygen atoms in total. The lowest BCUT2D eigenvalue weighted by atomic mass is 10.0. The smallest absolute Gasteiger partial charge is 0.227 e. The van der Waals surface area contributed by atoms with E-state index in [1.54, 1.807) is 0 Å². The third kappa shape index (κ3) is 3.57. The summed E-state index contributed by atoms with van der Waals surface area (Å²) in [5, 5.41) is 3.37. The minimum absolute atomic E-state index is 0.264. The highest BCUT2D eigenvalue weighted by molar-refractivity contribution is 5.94. The van der Waals surface area contributed by atoms with E-state index in [0.717, 1.165) is 38.0 Å². The van der Waals surface area contributed by atoms with E-state index in [1.807, 2.05) is 11.0 Å². The summed E-state index contributed by atoms with van der Waals surface area (Å²) in [6, 6.07) is 8.65. The zero-order valence-corrected chi connectivity index (χ0v) is 12.0. The molecular weight excluding hydrogens is 236 g/mol. The molecule has 1 aromatic rings. The van der Waals surface area contributed by atoms with Crippen LogP contribution in [0.3, 0.4) is 0 Å². The summed E-state index contributed by atoms with van der Waals surface area (Å²) in [7, 11) is 0. The molecule has 3 heteroatoms. The minimum Gasteiger partial charge on any atom is -0.317 e. The van der Waals surface area contributed by atoms with Crippen molar-refractivity contribution in [2.24, 2.45) is 0 Å². The Bertz CT molecular complexity index is 425. The summed E-state index contributed by atoms with van der Waals surface area (Å²) in [4.78, 5) is 14.5. The van der Waals surface area contributed by atoms with Crippen molar-refractivity contribution in [2.75, 3.05) is 18.0 Å². The van der Waals surface area contributed by atoms with Gasteiger partial charge >= 0.3 is 0 Å². The molecule has 0 saturated carbocycles. The highest BCUT2D eigenvalue weighted by atomic mass is 16.2. The third-order valence-electron chi connectivity index (χ3n) is 3.69. The summed E-state index contributed by atoms with van der Waals surface area (Å²) < 4.78 is 0. The van der Waals surface area contributed by atoms with Crippen LogP contribution in [0.1, 0.15) is 38.2 Å². The second kappa shape index (κ2) is 6.71. The van der Waals surface area contributed by atoms with Crippen LogP contribution < -0.4 is 10.2 Å². The van der Waals surface area contributed by atoms with E-state index in [2.05, 4.69) is 37.4 Å². The Morgan fingerprint density at radius 2 is 2.11 bits per heavy atom. The van der Waals surface area contributed by atoms with Crippen LogP contribution in [-0.4, -0.2) is 25.0 Å². The summed E-state index contributed by atoms with van der Waals surface area (Å²) >= 11 is 0. The summed E-state index contributed by atoms with van der Waals surface area (Å²) in [5.74, 6) is 0.264. The van der Waals surface area contributed by atoms with Crippen LogP contribution in [0.5, 0.6) is 0 Å². The number of hydrogen-bond donors (Lipinski definition) is 1. The third-order valence-corrected chi connectivity index (χ3v) is 3.69. The van der Waals surface area contributed by atoms with Crippen molar-refractivity contribution in [3.8, 4) is 0 Å². The summed E-state index contributed by atoms with van der Waals surface area (Å²) in [6.07, 6.45) is 3.64. The number of anilines is 1. The molecule has 0 radical (unpaired) electrons. The van der Waals surface area contributed by atoms with Gasteiger partial charge in [0.2, 0.25) is 5.91 Å². The molecule has 0 spiro atoms. The number of piperidine rings is 1. The standard InChI is InChI=1S/C16H24N2O/c1-3-5-16(19)18(14-8-10-17-11-9-14)15-7-4-6-13(2)12-15/h4,6-7,12,14,17H,3,5,8-11H2,1-2H3. The first-order chi connectivity index (χ1) is 9.22. The molecule has 0 aliphatic carbocycles. The molecule has 0 bridgehead atoms. The van der Waals surface area contributed by atoms with Crippen LogP contribution in [-0.2, 0) is 4.79 Å². The van der Waals surface area contributed by atoms with Crippen molar-refractivity contribution >= 4 is 11.6 Å². The Morgan fingerprint density at radius 1 is 1.37 bits per heavy atom. The van der Waals surface area contributed by atoms with E-state index >= 15 is 0 Å². The second-order valence-electron chi connectivity index (χ2n) is 5.33. The molecule has 0 aromatic heterocycles. The molecular formula is C16H24N2O. The maximum absolute atomic E-state index is 12.5. The van der Waals surface area contributed by atoms with E-state index in [4.69, 9.17) is 0 Å². The maximum Gasteiger partial charge on any atom is 0.227 e. The van der Waals surface area contributed by atoms with Gasteiger partial charge in [0.25, 0.3) is 0 Å². The predicted molar refractivity (Wildman–Crippen MR) is 79.5 cm³/mol. The highest BCUT2D eigenvalue weighted by Crippen LogP contribution is 2.24. The van der Waals surface area contributed by atoms with Gasteiger partial charge in [-0.1, -0.05) is 19.1 Å². The lowest BCUT2D eigenvalue weighted by Crippen LogP contribution is -2.46. The predicted octanol–water partition coefficient (Wildman–Crippen LogP) is 2.88. The lowest BCUT2D eigenvalue weighted by Gasteiger charge is -2.35. The number of benzene rings is 1. The molecule has 1 fully saturated rings. The lowest BCUT2D eigenvalue weighted by molar-refractivity contribution is -0.119. The van der Waals surface area contributed by atoms with Crippen LogP contribution in [0, 0.1) is 6.92 Å². The molecule has 2 rings (SSSR count). The van der Waals surface area contributed by atoms with Crippen LogP contribution in [0.4, 0.5) is 5.69 Å². The van der Waals surface area contributed by atoms with E-state index in [-0.39, 0.29) is 5.91 Å². The number of aryl methyl sites for hydroxylation is 1. The number of carbonyl (C=O) groups excluding carboxylic acids is 1. The molecule has 1 N–H and O–H groups in total. The minimum atomic E-state index is 0.264. The molecule has 19 heavy (non-hydrogen) atoms. The van der Waals surface area contributed by atoms with Gasteiger partial charge in [-0.25, -0.2) is 0 Å². The molecule has 0 unspecified atom stereocenters. The number of carbonyl (C=O) groups is 1. The molecule has 0 atom stereocenters.